The monoisotopic (exact) mass is 412 g/mol. The van der Waals surface area contributed by atoms with Gasteiger partial charge in [-0.2, -0.15) is 0 Å². The third-order valence-electron chi connectivity index (χ3n) is 9.75. The Labute approximate surface area is 162 Å². The number of rotatable bonds is 2. The van der Waals surface area contributed by atoms with Gasteiger partial charge < -0.3 is 10.2 Å². The van der Waals surface area contributed by atoms with Crippen LogP contribution in [0.1, 0.15) is 72.1 Å². The molecule has 3 heteroatoms. The molecule has 4 aliphatic carbocycles. The van der Waals surface area contributed by atoms with Crippen LogP contribution in [0.15, 0.2) is 0 Å². The average Bonchev–Trinajstić information content (AvgIpc) is 2.95. The molecule has 4 fully saturated rings. The zero-order valence-electron chi connectivity index (χ0n) is 16.3. The van der Waals surface area contributed by atoms with Crippen molar-refractivity contribution in [3.63, 3.8) is 0 Å². The number of alkyl halides is 1. The van der Waals surface area contributed by atoms with E-state index in [9.17, 15) is 10.2 Å². The summed E-state index contributed by atoms with van der Waals surface area (Å²) in [6, 6.07) is 0. The van der Waals surface area contributed by atoms with Gasteiger partial charge in [-0.05, 0) is 97.7 Å². The molecule has 25 heavy (non-hydrogen) atoms. The second-order valence-electron chi connectivity index (χ2n) is 10.5. The number of aliphatic hydroxyl groups is 2. The second-order valence-corrected chi connectivity index (χ2v) is 11.2. The fourth-order valence-corrected chi connectivity index (χ4v) is 8.72. The molecule has 0 heterocycles. The van der Waals surface area contributed by atoms with E-state index >= 15 is 0 Å². The molecule has 4 rings (SSSR count). The van der Waals surface area contributed by atoms with Crippen molar-refractivity contribution in [3.8, 4) is 0 Å². The first-order valence-corrected chi connectivity index (χ1v) is 11.9. The molecule has 0 aliphatic heterocycles. The van der Waals surface area contributed by atoms with Crippen LogP contribution in [0.4, 0.5) is 0 Å². The zero-order valence-corrected chi connectivity index (χ0v) is 17.8. The summed E-state index contributed by atoms with van der Waals surface area (Å²) in [6.45, 7) is 7.30. The van der Waals surface area contributed by atoms with Gasteiger partial charge in [0.05, 0.1) is 12.2 Å². The topological polar surface area (TPSA) is 40.5 Å². The Morgan fingerprint density at radius 2 is 1.76 bits per heavy atom. The number of fused-ring (bicyclic) bond motifs is 5. The summed E-state index contributed by atoms with van der Waals surface area (Å²) in [5.74, 6) is 4.16. The number of hydrogen-bond donors (Lipinski definition) is 2. The highest BCUT2D eigenvalue weighted by Gasteiger charge is 2.63. The van der Waals surface area contributed by atoms with Crippen molar-refractivity contribution in [2.45, 2.75) is 84.3 Å². The first kappa shape index (κ1) is 18.7. The van der Waals surface area contributed by atoms with Crippen molar-refractivity contribution < 1.29 is 10.2 Å². The van der Waals surface area contributed by atoms with E-state index < -0.39 is 0 Å². The van der Waals surface area contributed by atoms with E-state index in [0.29, 0.717) is 35.0 Å². The summed E-state index contributed by atoms with van der Waals surface area (Å²) in [5.41, 5.74) is 0.468. The molecule has 144 valence electrons. The molecule has 10 atom stereocenters. The summed E-state index contributed by atoms with van der Waals surface area (Å²) >= 11 is 3.71. The Kier molecular flexibility index (Phi) is 4.86. The Bertz CT molecular complexity index is 510. The molecule has 0 aromatic rings. The first-order chi connectivity index (χ1) is 11.8. The van der Waals surface area contributed by atoms with E-state index in [4.69, 9.17) is 0 Å². The Morgan fingerprint density at radius 1 is 1.00 bits per heavy atom. The maximum Gasteiger partial charge on any atom is 0.0602 e. The van der Waals surface area contributed by atoms with Gasteiger partial charge in [0.1, 0.15) is 0 Å². The number of hydrogen-bond acceptors (Lipinski definition) is 2. The second kappa shape index (κ2) is 6.48. The lowest BCUT2D eigenvalue weighted by molar-refractivity contribution is -0.174. The molecule has 2 nitrogen and oxygen atoms in total. The normalized spacial score (nSPS) is 56.6. The van der Waals surface area contributed by atoms with Crippen LogP contribution in [0.5, 0.6) is 0 Å². The summed E-state index contributed by atoms with van der Waals surface area (Å²) < 4.78 is 0. The smallest absolute Gasteiger partial charge is 0.0602 e. The highest BCUT2D eigenvalue weighted by atomic mass is 79.9. The fraction of sp³-hybridized carbons (Fsp3) is 1.00. The summed E-state index contributed by atoms with van der Waals surface area (Å²) in [4.78, 5) is 0. The summed E-state index contributed by atoms with van der Waals surface area (Å²) in [5, 5.41) is 22.6. The summed E-state index contributed by atoms with van der Waals surface area (Å²) in [7, 11) is 0. The van der Waals surface area contributed by atoms with Gasteiger partial charge in [-0.1, -0.05) is 36.7 Å². The van der Waals surface area contributed by atoms with Gasteiger partial charge >= 0.3 is 0 Å². The zero-order chi connectivity index (χ0) is 18.0. The molecule has 0 aromatic heterocycles. The highest BCUT2D eigenvalue weighted by molar-refractivity contribution is 9.09. The van der Waals surface area contributed by atoms with Crippen LogP contribution in [-0.2, 0) is 0 Å². The first-order valence-electron chi connectivity index (χ1n) is 10.7. The minimum atomic E-state index is -0.143. The third kappa shape index (κ3) is 2.62. The predicted molar refractivity (Wildman–Crippen MR) is 106 cm³/mol. The van der Waals surface area contributed by atoms with Crippen molar-refractivity contribution in [3.05, 3.63) is 0 Å². The van der Waals surface area contributed by atoms with Crippen LogP contribution in [0.25, 0.3) is 0 Å². The van der Waals surface area contributed by atoms with Crippen molar-refractivity contribution in [2.75, 3.05) is 5.33 Å². The van der Waals surface area contributed by atoms with Crippen LogP contribution < -0.4 is 0 Å². The Morgan fingerprint density at radius 3 is 2.48 bits per heavy atom. The maximum atomic E-state index is 11.4. The molecule has 4 aliphatic rings. The molecule has 0 bridgehead atoms. The standard InChI is InChI=1S/C22H37BrO2/c1-13(12-23)17-6-7-18-16-5-4-14-10-15(24)8-9-21(14,2)19(16)11-20(25)22(17,18)3/h13-20,24-25H,4-12H2,1-3H3/t13-,14-,15-,16?,17-,18?,19?,20+,21+,22-/m1/s1. The van der Waals surface area contributed by atoms with E-state index in [1.54, 1.807) is 0 Å². The molecule has 0 spiro atoms. The van der Waals surface area contributed by atoms with Crippen molar-refractivity contribution in [1.29, 1.82) is 0 Å². The average molecular weight is 413 g/mol. The lowest BCUT2D eigenvalue weighted by atomic mass is 9.44. The molecule has 0 radical (unpaired) electrons. The van der Waals surface area contributed by atoms with E-state index in [-0.39, 0.29) is 17.6 Å². The van der Waals surface area contributed by atoms with Crippen LogP contribution in [-0.4, -0.2) is 27.8 Å². The van der Waals surface area contributed by atoms with Crippen LogP contribution in [0.2, 0.25) is 0 Å². The molecule has 0 saturated heterocycles. The van der Waals surface area contributed by atoms with Gasteiger partial charge in [0.25, 0.3) is 0 Å². The fourth-order valence-electron chi connectivity index (χ4n) is 8.27. The van der Waals surface area contributed by atoms with E-state index in [1.807, 2.05) is 0 Å². The molecular formula is C22H37BrO2. The minimum absolute atomic E-state index is 0.0796. The van der Waals surface area contributed by atoms with Gasteiger partial charge in [-0.25, -0.2) is 0 Å². The molecule has 0 aromatic carbocycles. The lowest BCUT2D eigenvalue weighted by Gasteiger charge is -2.62. The van der Waals surface area contributed by atoms with E-state index in [0.717, 1.165) is 36.9 Å². The summed E-state index contributed by atoms with van der Waals surface area (Å²) in [6.07, 6.45) is 9.17. The number of halogens is 1. The molecular weight excluding hydrogens is 376 g/mol. The van der Waals surface area contributed by atoms with Gasteiger partial charge in [-0.15, -0.1) is 0 Å². The lowest BCUT2D eigenvalue weighted by Crippen LogP contribution is -2.58. The van der Waals surface area contributed by atoms with Gasteiger partial charge in [0.15, 0.2) is 0 Å². The van der Waals surface area contributed by atoms with Crippen LogP contribution >= 0.6 is 15.9 Å². The SMILES string of the molecule is C[C@H](CBr)[C@H]1CCC2C3CC[C@@H]4C[C@H](O)CC[C@]4(C)C3C[C@H](O)[C@@]21C. The van der Waals surface area contributed by atoms with E-state index in [1.165, 1.54) is 25.7 Å². The Hall–Kier alpha value is 0.400. The minimum Gasteiger partial charge on any atom is -0.393 e. The van der Waals surface area contributed by atoms with Crippen LogP contribution in [0, 0.1) is 46.3 Å². The Balaban J connectivity index is 1.64. The van der Waals surface area contributed by atoms with Crippen molar-refractivity contribution in [2.24, 2.45) is 46.3 Å². The predicted octanol–water partition coefficient (Wildman–Crippen LogP) is 5.01. The van der Waals surface area contributed by atoms with Crippen molar-refractivity contribution >= 4 is 15.9 Å². The van der Waals surface area contributed by atoms with E-state index in [2.05, 4.69) is 36.7 Å². The molecule has 0 amide bonds. The highest BCUT2D eigenvalue weighted by Crippen LogP contribution is 2.68. The van der Waals surface area contributed by atoms with Crippen LogP contribution in [0.3, 0.4) is 0 Å². The van der Waals surface area contributed by atoms with Crippen molar-refractivity contribution in [1.82, 2.24) is 0 Å². The van der Waals surface area contributed by atoms with Gasteiger partial charge in [-0.3, -0.25) is 0 Å². The third-order valence-corrected chi connectivity index (χ3v) is 10.8. The van der Waals surface area contributed by atoms with Gasteiger partial charge in [0.2, 0.25) is 0 Å². The quantitative estimate of drug-likeness (QED) is 0.625. The maximum absolute atomic E-state index is 11.4. The molecule has 3 unspecified atom stereocenters. The number of aliphatic hydroxyl groups excluding tert-OH is 2. The largest absolute Gasteiger partial charge is 0.393 e. The van der Waals surface area contributed by atoms with Gasteiger partial charge in [0, 0.05) is 5.33 Å². The molecule has 2 N–H and O–H groups in total. The molecule has 4 saturated carbocycles.